The van der Waals surface area contributed by atoms with E-state index in [-0.39, 0.29) is 17.0 Å². The third-order valence-corrected chi connectivity index (χ3v) is 7.90. The fourth-order valence-corrected chi connectivity index (χ4v) is 5.27. The van der Waals surface area contributed by atoms with Gasteiger partial charge < -0.3 is 10.2 Å². The molecule has 1 amide bonds. The molecule has 3 nitrogen and oxygen atoms in total. The van der Waals surface area contributed by atoms with Gasteiger partial charge in [0.2, 0.25) is 5.91 Å². The molecule has 0 aromatic carbocycles. The average Bonchev–Trinajstić information content (AvgIpc) is 2.69. The van der Waals surface area contributed by atoms with Crippen LogP contribution in [0.25, 0.3) is 0 Å². The molecule has 1 heterocycles. The van der Waals surface area contributed by atoms with Crippen molar-refractivity contribution in [3.63, 3.8) is 0 Å². The van der Waals surface area contributed by atoms with Crippen molar-refractivity contribution in [2.45, 2.75) is 149 Å². The van der Waals surface area contributed by atoms with Crippen LogP contribution >= 0.6 is 0 Å². The molecule has 1 N–H and O–H groups in total. The number of nitrogens with zero attached hydrogens (tertiary/aromatic N) is 1. The van der Waals surface area contributed by atoms with Gasteiger partial charge in [-0.1, -0.05) is 85.5 Å². The van der Waals surface area contributed by atoms with E-state index >= 15 is 0 Å². The number of carbonyl (C=O) groups is 1. The Morgan fingerprint density at radius 2 is 1.41 bits per heavy atom. The molecule has 3 heteroatoms. The molecule has 4 atom stereocenters. The molecule has 1 rings (SSSR count). The van der Waals surface area contributed by atoms with Gasteiger partial charge in [-0.05, 0) is 45.4 Å². The zero-order chi connectivity index (χ0) is 21.9. The fraction of sp³-hybridized carbons (Fsp3) is 0.962. The SMILES string of the molecule is CCCCCCCCCCCCN(C(C)=O)C1CC(C)(CC)NC(C)(CC)C1C. The summed E-state index contributed by atoms with van der Waals surface area (Å²) < 4.78 is 0. The van der Waals surface area contributed by atoms with E-state index in [1.54, 1.807) is 6.92 Å². The van der Waals surface area contributed by atoms with E-state index in [1.165, 1.54) is 57.8 Å². The average molecular weight is 409 g/mol. The Balaban J connectivity index is 2.51. The quantitative estimate of drug-likeness (QED) is 0.311. The number of rotatable bonds is 14. The highest BCUT2D eigenvalue weighted by molar-refractivity contribution is 5.73. The molecule has 4 unspecified atom stereocenters. The van der Waals surface area contributed by atoms with E-state index in [4.69, 9.17) is 0 Å². The normalized spacial score (nSPS) is 29.8. The Labute approximate surface area is 182 Å². The Morgan fingerprint density at radius 1 is 0.897 bits per heavy atom. The minimum atomic E-state index is 0.0964. The molecule has 0 bridgehead atoms. The first-order valence-electron chi connectivity index (χ1n) is 12.8. The summed E-state index contributed by atoms with van der Waals surface area (Å²) >= 11 is 0. The predicted molar refractivity (Wildman–Crippen MR) is 127 cm³/mol. The Bertz CT molecular complexity index is 466. The summed E-state index contributed by atoms with van der Waals surface area (Å²) in [5, 5.41) is 3.95. The summed E-state index contributed by atoms with van der Waals surface area (Å²) in [5.74, 6) is 0.732. The number of unbranched alkanes of at least 4 members (excludes halogenated alkanes) is 9. The summed E-state index contributed by atoms with van der Waals surface area (Å²) in [6, 6.07) is 0.349. The topological polar surface area (TPSA) is 32.3 Å². The van der Waals surface area contributed by atoms with Crippen LogP contribution < -0.4 is 5.32 Å². The lowest BCUT2D eigenvalue weighted by Crippen LogP contribution is -2.69. The van der Waals surface area contributed by atoms with Crippen molar-refractivity contribution >= 4 is 5.91 Å². The molecule has 0 aromatic rings. The molecule has 29 heavy (non-hydrogen) atoms. The van der Waals surface area contributed by atoms with Crippen LogP contribution in [0.5, 0.6) is 0 Å². The lowest BCUT2D eigenvalue weighted by Gasteiger charge is -2.56. The molecular weight excluding hydrogens is 356 g/mol. The van der Waals surface area contributed by atoms with Gasteiger partial charge in [-0.25, -0.2) is 0 Å². The minimum absolute atomic E-state index is 0.0964. The largest absolute Gasteiger partial charge is 0.340 e. The molecule has 0 aromatic heterocycles. The number of amides is 1. The van der Waals surface area contributed by atoms with Gasteiger partial charge in [0.15, 0.2) is 0 Å². The third-order valence-electron chi connectivity index (χ3n) is 7.90. The molecule has 0 radical (unpaired) electrons. The van der Waals surface area contributed by atoms with Gasteiger partial charge in [0, 0.05) is 30.6 Å². The van der Waals surface area contributed by atoms with Crippen LogP contribution in [0.3, 0.4) is 0 Å². The molecule has 0 spiro atoms. The number of nitrogens with one attached hydrogen (secondary N) is 1. The molecule has 1 saturated heterocycles. The van der Waals surface area contributed by atoms with Crippen molar-refractivity contribution in [1.29, 1.82) is 0 Å². The zero-order valence-electron chi connectivity index (χ0n) is 20.9. The molecule has 1 aliphatic rings. The third kappa shape index (κ3) is 8.23. The molecular formula is C26H52N2O. The van der Waals surface area contributed by atoms with Crippen molar-refractivity contribution in [3.05, 3.63) is 0 Å². The van der Waals surface area contributed by atoms with Crippen molar-refractivity contribution < 1.29 is 4.79 Å². The molecule has 0 saturated carbocycles. The maximum Gasteiger partial charge on any atom is 0.219 e. The minimum Gasteiger partial charge on any atom is -0.340 e. The highest BCUT2D eigenvalue weighted by atomic mass is 16.2. The molecule has 0 aliphatic carbocycles. The van der Waals surface area contributed by atoms with E-state index in [1.807, 2.05) is 0 Å². The van der Waals surface area contributed by atoms with Gasteiger partial charge in [0.1, 0.15) is 0 Å². The van der Waals surface area contributed by atoms with Gasteiger partial charge in [0.05, 0.1) is 0 Å². The molecule has 1 aliphatic heterocycles. The van der Waals surface area contributed by atoms with Crippen LogP contribution in [0.1, 0.15) is 132 Å². The van der Waals surface area contributed by atoms with Gasteiger partial charge in [-0.15, -0.1) is 0 Å². The first kappa shape index (κ1) is 26.5. The van der Waals surface area contributed by atoms with Crippen molar-refractivity contribution in [1.82, 2.24) is 10.2 Å². The smallest absolute Gasteiger partial charge is 0.219 e. The zero-order valence-corrected chi connectivity index (χ0v) is 20.9. The maximum absolute atomic E-state index is 12.6. The second-order valence-corrected chi connectivity index (χ2v) is 10.3. The van der Waals surface area contributed by atoms with Crippen LogP contribution in [0.4, 0.5) is 0 Å². The summed E-state index contributed by atoms with van der Waals surface area (Å²) in [4.78, 5) is 14.8. The Hall–Kier alpha value is -0.570. The first-order valence-corrected chi connectivity index (χ1v) is 12.8. The van der Waals surface area contributed by atoms with Crippen LogP contribution in [0.15, 0.2) is 0 Å². The number of hydrogen-bond acceptors (Lipinski definition) is 2. The highest BCUT2D eigenvalue weighted by Crippen LogP contribution is 2.39. The van der Waals surface area contributed by atoms with E-state index in [0.717, 1.165) is 32.2 Å². The Morgan fingerprint density at radius 3 is 1.86 bits per heavy atom. The predicted octanol–water partition coefficient (Wildman–Crippen LogP) is 7.09. The molecule has 172 valence electrons. The van der Waals surface area contributed by atoms with Gasteiger partial charge in [-0.3, -0.25) is 4.79 Å². The van der Waals surface area contributed by atoms with Crippen LogP contribution in [-0.4, -0.2) is 34.5 Å². The van der Waals surface area contributed by atoms with Crippen LogP contribution in [0.2, 0.25) is 0 Å². The van der Waals surface area contributed by atoms with Gasteiger partial charge in [0.25, 0.3) is 0 Å². The van der Waals surface area contributed by atoms with E-state index in [0.29, 0.717) is 12.0 Å². The van der Waals surface area contributed by atoms with Crippen molar-refractivity contribution in [2.75, 3.05) is 6.54 Å². The standard InChI is InChI=1S/C26H52N2O/c1-8-11-12-13-14-15-16-17-18-19-20-28(23(5)29)24-21-25(6,9-2)27-26(7,10-3)22(24)4/h22,24,27H,8-21H2,1-7H3. The molecule has 1 fully saturated rings. The second kappa shape index (κ2) is 13.0. The van der Waals surface area contributed by atoms with E-state index < -0.39 is 0 Å². The summed E-state index contributed by atoms with van der Waals surface area (Å²) in [7, 11) is 0. The highest BCUT2D eigenvalue weighted by Gasteiger charge is 2.48. The first-order chi connectivity index (χ1) is 13.7. The lowest BCUT2D eigenvalue weighted by molar-refractivity contribution is -0.135. The summed E-state index contributed by atoms with van der Waals surface area (Å²) in [6.45, 7) is 16.6. The maximum atomic E-state index is 12.6. The van der Waals surface area contributed by atoms with E-state index in [9.17, 15) is 4.79 Å². The van der Waals surface area contributed by atoms with Crippen LogP contribution in [0, 0.1) is 5.92 Å². The summed E-state index contributed by atoms with van der Waals surface area (Å²) in [6.07, 6.45) is 16.7. The lowest BCUT2D eigenvalue weighted by atomic mass is 9.68. The Kier molecular flexibility index (Phi) is 11.8. The van der Waals surface area contributed by atoms with Gasteiger partial charge >= 0.3 is 0 Å². The van der Waals surface area contributed by atoms with Gasteiger partial charge in [-0.2, -0.15) is 0 Å². The fourth-order valence-electron chi connectivity index (χ4n) is 5.27. The monoisotopic (exact) mass is 408 g/mol. The number of carbonyl (C=O) groups excluding carboxylic acids is 1. The number of piperidine rings is 1. The van der Waals surface area contributed by atoms with E-state index in [2.05, 4.69) is 51.8 Å². The van der Waals surface area contributed by atoms with Crippen LogP contribution in [-0.2, 0) is 4.79 Å². The van der Waals surface area contributed by atoms with Crippen molar-refractivity contribution in [2.24, 2.45) is 5.92 Å². The second-order valence-electron chi connectivity index (χ2n) is 10.3. The summed E-state index contributed by atoms with van der Waals surface area (Å²) in [5.41, 5.74) is 0.215. The number of hydrogen-bond donors (Lipinski definition) is 1. The van der Waals surface area contributed by atoms with Crippen molar-refractivity contribution in [3.8, 4) is 0 Å².